The van der Waals surface area contributed by atoms with Crippen LogP contribution in [0.5, 0.6) is 0 Å². The Morgan fingerprint density at radius 3 is 2.94 bits per heavy atom. The molecule has 18 heavy (non-hydrogen) atoms. The van der Waals surface area contributed by atoms with Crippen molar-refractivity contribution in [3.8, 4) is 0 Å². The molecule has 1 aromatic heterocycles. The molecule has 0 amide bonds. The van der Waals surface area contributed by atoms with Crippen molar-refractivity contribution in [3.63, 3.8) is 0 Å². The summed E-state index contributed by atoms with van der Waals surface area (Å²) in [5.74, 6) is 1.18. The predicted molar refractivity (Wildman–Crippen MR) is 64.9 cm³/mol. The summed E-state index contributed by atoms with van der Waals surface area (Å²) in [6, 6.07) is 0.566. The minimum Gasteiger partial charge on any atom is -0.395 e. The first-order valence-electron chi connectivity index (χ1n) is 6.53. The Labute approximate surface area is 107 Å². The van der Waals surface area contributed by atoms with Crippen molar-refractivity contribution in [2.75, 3.05) is 19.8 Å². The van der Waals surface area contributed by atoms with Gasteiger partial charge in [-0.25, -0.2) is 0 Å². The molecule has 1 heterocycles. The Balaban J connectivity index is 1.92. The summed E-state index contributed by atoms with van der Waals surface area (Å²) in [6.45, 7) is 5.90. The number of nitrogens with zero attached hydrogens (tertiary/aromatic N) is 3. The molecular formula is C12H21N3O3. The zero-order chi connectivity index (χ0) is 13.0. The number of aliphatic hydroxyl groups excluding tert-OH is 1. The third-order valence-corrected chi connectivity index (χ3v) is 3.05. The number of hydrogen-bond acceptors (Lipinski definition) is 6. The minimum atomic E-state index is -0.139. The molecule has 1 aliphatic carbocycles. The Morgan fingerprint density at radius 1 is 1.56 bits per heavy atom. The van der Waals surface area contributed by atoms with Crippen LogP contribution in [-0.2, 0) is 11.3 Å². The Bertz CT molecular complexity index is 365. The molecule has 0 radical (unpaired) electrons. The average molecular weight is 255 g/mol. The van der Waals surface area contributed by atoms with E-state index in [9.17, 15) is 0 Å². The molecule has 1 aliphatic rings. The van der Waals surface area contributed by atoms with Crippen LogP contribution in [0.25, 0.3) is 0 Å². The predicted octanol–water partition coefficient (Wildman–Crippen LogP) is 1.12. The van der Waals surface area contributed by atoms with Crippen LogP contribution in [0.3, 0.4) is 0 Å². The molecule has 1 unspecified atom stereocenters. The van der Waals surface area contributed by atoms with Crippen molar-refractivity contribution < 1.29 is 14.4 Å². The van der Waals surface area contributed by atoms with Crippen LogP contribution >= 0.6 is 0 Å². The molecule has 2 rings (SSSR count). The third kappa shape index (κ3) is 3.51. The van der Waals surface area contributed by atoms with Gasteiger partial charge in [-0.3, -0.25) is 4.90 Å². The number of ether oxygens (including phenoxy) is 1. The minimum absolute atomic E-state index is 0.139. The molecule has 1 fully saturated rings. The van der Waals surface area contributed by atoms with Gasteiger partial charge in [0.25, 0.3) is 0 Å². The molecular weight excluding hydrogens is 234 g/mol. The van der Waals surface area contributed by atoms with Crippen LogP contribution in [0.15, 0.2) is 4.52 Å². The summed E-state index contributed by atoms with van der Waals surface area (Å²) >= 11 is 0. The average Bonchev–Trinajstić information content (AvgIpc) is 3.09. The molecule has 0 aromatic carbocycles. The molecule has 0 saturated heterocycles. The zero-order valence-corrected chi connectivity index (χ0v) is 11.0. The van der Waals surface area contributed by atoms with E-state index in [0.29, 0.717) is 37.5 Å². The smallest absolute Gasteiger partial charge is 0.240 e. The normalized spacial score (nSPS) is 17.3. The summed E-state index contributed by atoms with van der Waals surface area (Å²) in [5.41, 5.74) is 0. The van der Waals surface area contributed by atoms with E-state index in [0.717, 1.165) is 0 Å². The summed E-state index contributed by atoms with van der Waals surface area (Å²) in [7, 11) is 0. The van der Waals surface area contributed by atoms with E-state index in [2.05, 4.69) is 15.0 Å². The second kappa shape index (κ2) is 6.26. The molecule has 0 bridgehead atoms. The van der Waals surface area contributed by atoms with Gasteiger partial charge in [0.2, 0.25) is 5.89 Å². The van der Waals surface area contributed by atoms with Crippen LogP contribution < -0.4 is 0 Å². The summed E-state index contributed by atoms with van der Waals surface area (Å²) in [6.07, 6.45) is 2.24. The molecule has 1 atom stereocenters. The first-order chi connectivity index (χ1) is 8.74. The Morgan fingerprint density at radius 2 is 2.33 bits per heavy atom. The largest absolute Gasteiger partial charge is 0.395 e. The van der Waals surface area contributed by atoms with E-state index in [1.165, 1.54) is 12.8 Å². The fourth-order valence-electron chi connectivity index (χ4n) is 1.95. The van der Waals surface area contributed by atoms with Gasteiger partial charge < -0.3 is 14.4 Å². The lowest BCUT2D eigenvalue weighted by atomic mass is 10.4. The van der Waals surface area contributed by atoms with E-state index in [1.54, 1.807) is 0 Å². The summed E-state index contributed by atoms with van der Waals surface area (Å²) in [5, 5.41) is 13.0. The van der Waals surface area contributed by atoms with E-state index >= 15 is 0 Å². The summed E-state index contributed by atoms with van der Waals surface area (Å²) < 4.78 is 10.6. The maximum absolute atomic E-state index is 9.03. The maximum Gasteiger partial charge on any atom is 0.240 e. The van der Waals surface area contributed by atoms with E-state index in [4.69, 9.17) is 14.4 Å². The van der Waals surface area contributed by atoms with Crippen LogP contribution in [0, 0.1) is 0 Å². The number of rotatable bonds is 8. The first-order valence-corrected chi connectivity index (χ1v) is 6.53. The van der Waals surface area contributed by atoms with Gasteiger partial charge in [-0.1, -0.05) is 5.16 Å². The van der Waals surface area contributed by atoms with Crippen LogP contribution in [-0.4, -0.2) is 45.9 Å². The van der Waals surface area contributed by atoms with Gasteiger partial charge in [-0.2, -0.15) is 4.98 Å². The molecule has 1 N–H and O–H groups in total. The molecule has 1 aromatic rings. The second-order valence-corrected chi connectivity index (χ2v) is 4.57. The molecule has 6 nitrogen and oxygen atoms in total. The highest BCUT2D eigenvalue weighted by Gasteiger charge is 2.29. The number of aliphatic hydroxyl groups is 1. The van der Waals surface area contributed by atoms with Gasteiger partial charge in [-0.05, 0) is 26.7 Å². The fraction of sp³-hybridized carbons (Fsp3) is 0.833. The maximum atomic E-state index is 9.03. The van der Waals surface area contributed by atoms with Crippen LogP contribution in [0.1, 0.15) is 44.5 Å². The molecule has 1 saturated carbocycles. The molecule has 102 valence electrons. The number of hydrogen-bond donors (Lipinski definition) is 1. The summed E-state index contributed by atoms with van der Waals surface area (Å²) in [4.78, 5) is 6.52. The topological polar surface area (TPSA) is 71.6 Å². The van der Waals surface area contributed by atoms with E-state index < -0.39 is 0 Å². The Kier molecular flexibility index (Phi) is 4.68. The Hall–Kier alpha value is -0.980. The highest BCUT2D eigenvalue weighted by Crippen LogP contribution is 2.27. The zero-order valence-electron chi connectivity index (χ0n) is 11.0. The van der Waals surface area contributed by atoms with Gasteiger partial charge in [0.05, 0.1) is 13.2 Å². The van der Waals surface area contributed by atoms with Crippen molar-refractivity contribution >= 4 is 0 Å². The van der Waals surface area contributed by atoms with Crippen molar-refractivity contribution in [3.05, 3.63) is 11.7 Å². The van der Waals surface area contributed by atoms with Crippen molar-refractivity contribution in [1.29, 1.82) is 0 Å². The van der Waals surface area contributed by atoms with Crippen molar-refractivity contribution in [2.45, 2.75) is 45.4 Å². The van der Waals surface area contributed by atoms with Gasteiger partial charge in [0, 0.05) is 19.2 Å². The quantitative estimate of drug-likeness (QED) is 0.750. The van der Waals surface area contributed by atoms with E-state index in [-0.39, 0.29) is 12.7 Å². The van der Waals surface area contributed by atoms with Gasteiger partial charge in [-0.15, -0.1) is 0 Å². The first kappa shape index (κ1) is 13.5. The lowest BCUT2D eigenvalue weighted by Crippen LogP contribution is -2.28. The lowest BCUT2D eigenvalue weighted by Gasteiger charge is -2.17. The monoisotopic (exact) mass is 255 g/mol. The van der Waals surface area contributed by atoms with Crippen molar-refractivity contribution in [2.24, 2.45) is 0 Å². The fourth-order valence-corrected chi connectivity index (χ4v) is 1.95. The third-order valence-electron chi connectivity index (χ3n) is 3.05. The molecule has 0 spiro atoms. The van der Waals surface area contributed by atoms with Gasteiger partial charge >= 0.3 is 0 Å². The lowest BCUT2D eigenvalue weighted by molar-refractivity contribution is 0.0683. The number of aromatic nitrogens is 2. The second-order valence-electron chi connectivity index (χ2n) is 4.57. The van der Waals surface area contributed by atoms with Gasteiger partial charge in [0.1, 0.15) is 6.10 Å². The molecule has 0 aliphatic heterocycles. The van der Waals surface area contributed by atoms with Crippen LogP contribution in [0.2, 0.25) is 0 Å². The van der Waals surface area contributed by atoms with E-state index in [1.807, 2.05) is 13.8 Å². The SMILES string of the molecule is CCOC(C)c1noc(CN(CCO)C2CC2)n1. The van der Waals surface area contributed by atoms with Crippen LogP contribution in [0.4, 0.5) is 0 Å². The highest BCUT2D eigenvalue weighted by molar-refractivity contribution is 4.92. The standard InChI is InChI=1S/C12H21N3O3/c1-3-17-9(2)12-13-11(18-14-12)8-15(6-7-16)10-4-5-10/h9-10,16H,3-8H2,1-2H3. The van der Waals surface area contributed by atoms with Crippen molar-refractivity contribution in [1.82, 2.24) is 15.0 Å². The van der Waals surface area contributed by atoms with Gasteiger partial charge in [0.15, 0.2) is 5.82 Å². The molecule has 6 heteroatoms. The highest BCUT2D eigenvalue weighted by atomic mass is 16.5.